The molecule has 0 radical (unpaired) electrons. The summed E-state index contributed by atoms with van der Waals surface area (Å²) >= 11 is 1.56. The van der Waals surface area contributed by atoms with Crippen LogP contribution in [0.1, 0.15) is 6.42 Å². The summed E-state index contributed by atoms with van der Waals surface area (Å²) in [5.41, 5.74) is 0. The van der Waals surface area contributed by atoms with Crippen molar-refractivity contribution in [3.8, 4) is 0 Å². The molecule has 0 spiro atoms. The zero-order valence-electron chi connectivity index (χ0n) is 8.80. The summed E-state index contributed by atoms with van der Waals surface area (Å²) in [6, 6.07) is 0. The summed E-state index contributed by atoms with van der Waals surface area (Å²) in [5.74, 6) is 0. The number of halogens is 3. The van der Waals surface area contributed by atoms with Crippen LogP contribution in [-0.4, -0.2) is 27.4 Å². The van der Waals surface area contributed by atoms with Gasteiger partial charge in [0.1, 0.15) is 0 Å². The average molecular weight is 353 g/mol. The molecule has 0 aromatic rings. The van der Waals surface area contributed by atoms with Crippen molar-refractivity contribution in [3.05, 3.63) is 21.5 Å². The first-order valence-corrected chi connectivity index (χ1v) is 5.09. The van der Waals surface area contributed by atoms with Crippen LogP contribution in [0.3, 0.4) is 0 Å². The quantitative estimate of drug-likeness (QED) is 0.470. The van der Waals surface area contributed by atoms with Gasteiger partial charge < -0.3 is 46.7 Å². The molecule has 0 saturated carbocycles. The van der Waals surface area contributed by atoms with Crippen molar-refractivity contribution in [2.45, 2.75) is 6.42 Å². The maximum atomic E-state index is 4.66. The molecule has 6 heteroatoms. The normalized spacial score (nSPS) is 11.1. The van der Waals surface area contributed by atoms with Crippen molar-refractivity contribution in [1.29, 1.82) is 0 Å². The molecule has 0 amide bonds. The minimum atomic E-state index is 0. The van der Waals surface area contributed by atoms with Gasteiger partial charge in [-0.05, 0) is 0 Å². The van der Waals surface area contributed by atoms with Crippen LogP contribution < -0.4 is 37.2 Å². The molecule has 0 aliphatic heterocycles. The Morgan fingerprint density at radius 1 is 1.13 bits per heavy atom. The van der Waals surface area contributed by atoms with Gasteiger partial charge in [0.15, 0.2) is 0 Å². The van der Waals surface area contributed by atoms with Crippen LogP contribution in [0.15, 0.2) is 21.5 Å². The summed E-state index contributed by atoms with van der Waals surface area (Å²) in [7, 11) is 3.30. The Morgan fingerprint density at radius 3 is 1.73 bits per heavy atom. The predicted molar refractivity (Wildman–Crippen MR) is 45.6 cm³/mol. The molecule has 0 unspecified atom stereocenters. The van der Waals surface area contributed by atoms with E-state index in [1.807, 2.05) is 0 Å². The predicted octanol–water partition coefficient (Wildman–Crippen LogP) is -7.33. The number of hydrogen-bond donors (Lipinski definition) is 0. The van der Waals surface area contributed by atoms with Gasteiger partial charge in [0.25, 0.3) is 0 Å². The van der Waals surface area contributed by atoms with Gasteiger partial charge in [-0.25, -0.2) is 0 Å². The second-order valence-corrected chi connectivity index (χ2v) is 3.89. The third-order valence-electron chi connectivity index (χ3n) is 1.26. The van der Waals surface area contributed by atoms with Gasteiger partial charge in [-0.15, -0.1) is 0 Å². The fourth-order valence-electron chi connectivity index (χ4n) is 0.614. The molecule has 2 nitrogen and oxygen atoms in total. The molecule has 0 fully saturated rings. The van der Waals surface area contributed by atoms with Crippen molar-refractivity contribution >= 4 is 0 Å². The van der Waals surface area contributed by atoms with Gasteiger partial charge in [-0.3, -0.25) is 0 Å². The Hall–Kier alpha value is 1.15. The molecule has 1 aliphatic carbocycles. The fraction of sp³-hybridized carbons (Fsp3) is 0.556. The van der Waals surface area contributed by atoms with E-state index in [4.69, 9.17) is 0 Å². The van der Waals surface area contributed by atoms with E-state index < -0.39 is 0 Å². The van der Waals surface area contributed by atoms with Crippen molar-refractivity contribution < 1.29 is 71.4 Å². The third-order valence-corrected chi connectivity index (χ3v) is 2.17. The van der Waals surface area contributed by atoms with E-state index in [1.165, 1.54) is 6.42 Å². The van der Waals surface area contributed by atoms with Gasteiger partial charge >= 0.3 is 52.6 Å². The first kappa shape index (κ1) is 25.1. The molecule has 0 atom stereocenters. The van der Waals surface area contributed by atoms with Crippen LogP contribution in [0.25, 0.3) is 0 Å². The van der Waals surface area contributed by atoms with Crippen molar-refractivity contribution in [2.75, 3.05) is 27.4 Å². The van der Waals surface area contributed by atoms with Gasteiger partial charge in [0.05, 0.1) is 13.2 Å². The molecule has 0 heterocycles. The van der Waals surface area contributed by atoms with Gasteiger partial charge in [0.2, 0.25) is 0 Å². The Morgan fingerprint density at radius 2 is 1.60 bits per heavy atom. The molecule has 88 valence electrons. The summed E-state index contributed by atoms with van der Waals surface area (Å²) in [6.45, 7) is 1.38. The Bertz CT molecular complexity index is 159. The van der Waals surface area contributed by atoms with Crippen LogP contribution >= 0.6 is 0 Å². The molecule has 0 aromatic heterocycles. The van der Waals surface area contributed by atoms with E-state index in [2.05, 4.69) is 27.7 Å². The molecule has 1 aliphatic rings. The topological polar surface area (TPSA) is 18.5 Å². The number of hydrogen-bond acceptors (Lipinski definition) is 2. The standard InChI is InChI=1S/C5H5.C4H10O2.3ClH.Zr/c1-2-4-5-3-1;1-5-3-4-6-2;;;;/h1-3H,4H2;3-4H2,1-2H3;3*1H;/q;;;;;+3/p-3. The number of allylic oxidation sites excluding steroid dienone is 4. The molecular formula is C9H15Cl3O2Zr. The SMILES string of the molecule is COCCOC.[Cl-].[Cl-].[Cl-].[Zr+3][C]1=CC=CC1. The van der Waals surface area contributed by atoms with Crippen LogP contribution in [0.2, 0.25) is 0 Å². The number of rotatable bonds is 3. The van der Waals surface area contributed by atoms with Crippen LogP contribution in [0.4, 0.5) is 0 Å². The Kier molecular flexibility index (Phi) is 34.4. The third kappa shape index (κ3) is 21.1. The maximum absolute atomic E-state index is 4.66. The summed E-state index contributed by atoms with van der Waals surface area (Å²) in [6.07, 6.45) is 7.69. The van der Waals surface area contributed by atoms with Crippen molar-refractivity contribution in [1.82, 2.24) is 0 Å². The molecule has 15 heavy (non-hydrogen) atoms. The second kappa shape index (κ2) is 20.6. The molecule has 0 aromatic carbocycles. The van der Waals surface area contributed by atoms with E-state index in [9.17, 15) is 0 Å². The van der Waals surface area contributed by atoms with E-state index in [0.717, 1.165) is 0 Å². The molecule has 0 N–H and O–H groups in total. The minimum absolute atomic E-state index is 0. The van der Waals surface area contributed by atoms with Crippen LogP contribution in [0, 0.1) is 0 Å². The van der Waals surface area contributed by atoms with Gasteiger partial charge in [-0.2, -0.15) is 0 Å². The first-order valence-electron chi connectivity index (χ1n) is 3.86. The Balaban J connectivity index is -0.0000000672. The van der Waals surface area contributed by atoms with E-state index in [1.54, 1.807) is 42.2 Å². The molecule has 0 saturated heterocycles. The molecular weight excluding hydrogens is 338 g/mol. The monoisotopic (exact) mass is 350 g/mol. The summed E-state index contributed by atoms with van der Waals surface area (Å²) in [5, 5.41) is 0. The zero-order chi connectivity index (χ0) is 9.23. The molecule has 0 bridgehead atoms. The van der Waals surface area contributed by atoms with Crippen LogP contribution in [-0.2, 0) is 34.2 Å². The summed E-state index contributed by atoms with van der Waals surface area (Å²) in [4.78, 5) is 0. The first-order chi connectivity index (χ1) is 5.81. The van der Waals surface area contributed by atoms with E-state index >= 15 is 0 Å². The van der Waals surface area contributed by atoms with Crippen molar-refractivity contribution in [3.63, 3.8) is 0 Å². The molecule has 1 rings (SSSR count). The van der Waals surface area contributed by atoms with Gasteiger partial charge in [0, 0.05) is 14.2 Å². The van der Waals surface area contributed by atoms with E-state index in [-0.39, 0.29) is 37.2 Å². The second-order valence-electron chi connectivity index (χ2n) is 2.31. The van der Waals surface area contributed by atoms with Crippen molar-refractivity contribution in [2.24, 2.45) is 0 Å². The fourth-order valence-corrected chi connectivity index (χ4v) is 1.14. The number of ether oxygens (including phenoxy) is 2. The average Bonchev–Trinajstić information content (AvgIpc) is 2.53. The Labute approximate surface area is 126 Å². The van der Waals surface area contributed by atoms with Gasteiger partial charge in [-0.1, -0.05) is 0 Å². The van der Waals surface area contributed by atoms with E-state index in [0.29, 0.717) is 13.2 Å². The summed E-state index contributed by atoms with van der Waals surface area (Å²) < 4.78 is 10.9. The number of methoxy groups -OCH3 is 2. The zero-order valence-corrected chi connectivity index (χ0v) is 13.5. The van der Waals surface area contributed by atoms with Crippen LogP contribution in [0.5, 0.6) is 0 Å².